The summed E-state index contributed by atoms with van der Waals surface area (Å²) in [6.07, 6.45) is 0.752. The summed E-state index contributed by atoms with van der Waals surface area (Å²) in [4.78, 5) is 15.1. The van der Waals surface area contributed by atoms with Crippen LogP contribution in [0.4, 0.5) is 5.69 Å². The van der Waals surface area contributed by atoms with Gasteiger partial charge in [0, 0.05) is 31.9 Å². The molecule has 152 valence electrons. The summed E-state index contributed by atoms with van der Waals surface area (Å²) in [5, 5.41) is 14.9. The van der Waals surface area contributed by atoms with Crippen molar-refractivity contribution >= 4 is 11.6 Å². The Hall–Kier alpha value is -2.84. The van der Waals surface area contributed by atoms with Gasteiger partial charge >= 0.3 is 0 Å². The highest BCUT2D eigenvalue weighted by atomic mass is 16.1. The number of benzene rings is 2. The Labute approximate surface area is 173 Å². The van der Waals surface area contributed by atoms with E-state index >= 15 is 0 Å². The third kappa shape index (κ3) is 5.58. The minimum absolute atomic E-state index is 0.0415. The lowest BCUT2D eigenvalue weighted by Crippen LogP contribution is -2.43. The summed E-state index contributed by atoms with van der Waals surface area (Å²) in [6, 6.07) is 18.9. The second-order valence-corrected chi connectivity index (χ2v) is 7.97. The third-order valence-corrected chi connectivity index (χ3v) is 5.32. The maximum atomic E-state index is 12.7. The van der Waals surface area contributed by atoms with Crippen LogP contribution >= 0.6 is 0 Å². The molecule has 1 fully saturated rings. The van der Waals surface area contributed by atoms with E-state index in [-0.39, 0.29) is 18.4 Å². The molecule has 1 heterocycles. The maximum Gasteiger partial charge on any atom is 0.228 e. The van der Waals surface area contributed by atoms with Gasteiger partial charge in [-0.25, -0.2) is 0 Å². The number of nitrogens with zero attached hydrogens (tertiary/aromatic N) is 2. The second-order valence-electron chi connectivity index (χ2n) is 7.97. The lowest BCUT2D eigenvalue weighted by Gasteiger charge is -2.29. The van der Waals surface area contributed by atoms with Gasteiger partial charge in [-0.3, -0.25) is 4.79 Å². The summed E-state index contributed by atoms with van der Waals surface area (Å²) in [7, 11) is 0. The molecule has 2 aromatic rings. The largest absolute Gasteiger partial charge is 0.369 e. The van der Waals surface area contributed by atoms with E-state index in [9.17, 15) is 4.79 Å². The Bertz CT molecular complexity index is 865. The smallest absolute Gasteiger partial charge is 0.228 e. The van der Waals surface area contributed by atoms with Crippen molar-refractivity contribution in [2.24, 2.45) is 5.92 Å². The van der Waals surface area contributed by atoms with E-state index < -0.39 is 0 Å². The first-order chi connectivity index (χ1) is 14.1. The quantitative estimate of drug-likeness (QED) is 0.710. The summed E-state index contributed by atoms with van der Waals surface area (Å²) in [6.45, 7) is 8.32. The van der Waals surface area contributed by atoms with Crippen LogP contribution in [-0.4, -0.2) is 38.6 Å². The number of carbonyl (C=O) groups is 1. The average molecular weight is 391 g/mol. The van der Waals surface area contributed by atoms with Crippen molar-refractivity contribution in [1.82, 2.24) is 10.6 Å². The van der Waals surface area contributed by atoms with Crippen molar-refractivity contribution in [2.75, 3.05) is 37.6 Å². The van der Waals surface area contributed by atoms with Crippen LogP contribution in [0.5, 0.6) is 0 Å². The van der Waals surface area contributed by atoms with Crippen LogP contribution in [0.25, 0.3) is 11.1 Å². The highest BCUT2D eigenvalue weighted by Crippen LogP contribution is 2.30. The van der Waals surface area contributed by atoms with E-state index in [4.69, 9.17) is 5.26 Å². The zero-order chi connectivity index (χ0) is 20.6. The number of hydrogen-bond donors (Lipinski definition) is 2. The van der Waals surface area contributed by atoms with Gasteiger partial charge in [0.2, 0.25) is 5.91 Å². The van der Waals surface area contributed by atoms with Crippen molar-refractivity contribution in [1.29, 1.82) is 5.26 Å². The first-order valence-electron chi connectivity index (χ1n) is 10.4. The van der Waals surface area contributed by atoms with Crippen molar-refractivity contribution in [2.45, 2.75) is 26.2 Å². The molecule has 5 nitrogen and oxygen atoms in total. The fourth-order valence-corrected chi connectivity index (χ4v) is 3.86. The predicted molar refractivity (Wildman–Crippen MR) is 118 cm³/mol. The summed E-state index contributed by atoms with van der Waals surface area (Å²) in [5.74, 6) is 0.0548. The summed E-state index contributed by atoms with van der Waals surface area (Å²) < 4.78 is 0. The molecule has 3 rings (SSSR count). The first-order valence-corrected chi connectivity index (χ1v) is 10.4. The molecule has 0 bridgehead atoms. The molecular formula is C24H30N4O. The van der Waals surface area contributed by atoms with Crippen molar-refractivity contribution in [3.05, 3.63) is 54.1 Å². The van der Waals surface area contributed by atoms with Crippen molar-refractivity contribution in [3.63, 3.8) is 0 Å². The zero-order valence-corrected chi connectivity index (χ0v) is 17.3. The molecule has 1 aliphatic rings. The highest BCUT2D eigenvalue weighted by molar-refractivity contribution is 5.84. The summed E-state index contributed by atoms with van der Waals surface area (Å²) >= 11 is 0. The van der Waals surface area contributed by atoms with Gasteiger partial charge in [0.05, 0.1) is 12.0 Å². The van der Waals surface area contributed by atoms with Crippen LogP contribution in [0.3, 0.4) is 0 Å². The highest BCUT2D eigenvalue weighted by Gasteiger charge is 2.22. The number of carbonyl (C=O) groups excluding carboxylic acids is 1. The van der Waals surface area contributed by atoms with Crippen LogP contribution in [0.2, 0.25) is 0 Å². The van der Waals surface area contributed by atoms with Crippen molar-refractivity contribution < 1.29 is 4.79 Å². The van der Waals surface area contributed by atoms with E-state index in [1.54, 1.807) is 0 Å². The Morgan fingerprint density at radius 1 is 1.14 bits per heavy atom. The minimum Gasteiger partial charge on any atom is -0.369 e. The Morgan fingerprint density at radius 3 is 2.52 bits per heavy atom. The van der Waals surface area contributed by atoms with Gasteiger partial charge in [-0.2, -0.15) is 5.26 Å². The van der Waals surface area contributed by atoms with Crippen LogP contribution in [0.15, 0.2) is 48.5 Å². The van der Waals surface area contributed by atoms with E-state index in [2.05, 4.69) is 65.8 Å². The van der Waals surface area contributed by atoms with E-state index in [0.717, 1.165) is 49.3 Å². The van der Waals surface area contributed by atoms with Gasteiger partial charge in [-0.05, 0) is 41.2 Å². The minimum atomic E-state index is -0.250. The molecule has 2 aromatic carbocycles. The normalized spacial score (nSPS) is 15.0. The fourth-order valence-electron chi connectivity index (χ4n) is 3.86. The number of anilines is 1. The molecule has 1 aliphatic heterocycles. The lowest BCUT2D eigenvalue weighted by atomic mass is 9.88. The predicted octanol–water partition coefficient (Wildman–Crippen LogP) is 3.53. The molecule has 1 amide bonds. The SMILES string of the molecule is CC(C)C[C@@H](C(=O)NCC#N)c1cccc(-c2cccc(N3CCNCC3)c2)c1. The van der Waals surface area contributed by atoms with Crippen LogP contribution < -0.4 is 15.5 Å². The molecule has 29 heavy (non-hydrogen) atoms. The van der Waals surface area contributed by atoms with E-state index in [1.165, 1.54) is 5.69 Å². The molecule has 2 N–H and O–H groups in total. The van der Waals surface area contributed by atoms with Crippen LogP contribution in [-0.2, 0) is 4.79 Å². The molecule has 0 aliphatic carbocycles. The van der Waals surface area contributed by atoms with Gasteiger partial charge in [0.15, 0.2) is 0 Å². The topological polar surface area (TPSA) is 68.2 Å². The zero-order valence-electron chi connectivity index (χ0n) is 17.3. The summed E-state index contributed by atoms with van der Waals surface area (Å²) in [5.41, 5.74) is 4.50. The monoisotopic (exact) mass is 390 g/mol. The molecule has 5 heteroatoms. The molecular weight excluding hydrogens is 360 g/mol. The molecule has 0 aromatic heterocycles. The maximum absolute atomic E-state index is 12.7. The van der Waals surface area contributed by atoms with Crippen LogP contribution in [0.1, 0.15) is 31.7 Å². The fraction of sp³-hybridized carbons (Fsp3) is 0.417. The molecule has 0 spiro atoms. The molecule has 1 atom stereocenters. The Kier molecular flexibility index (Phi) is 7.26. The van der Waals surface area contributed by atoms with Crippen molar-refractivity contribution in [3.8, 4) is 17.2 Å². The second kappa shape index (κ2) is 10.1. The lowest BCUT2D eigenvalue weighted by molar-refractivity contribution is -0.122. The first kappa shape index (κ1) is 20.9. The van der Waals surface area contributed by atoms with Gasteiger partial charge in [0.1, 0.15) is 6.54 Å². The van der Waals surface area contributed by atoms with Gasteiger partial charge < -0.3 is 15.5 Å². The van der Waals surface area contributed by atoms with E-state index in [1.807, 2.05) is 18.2 Å². The number of nitriles is 1. The van der Waals surface area contributed by atoms with E-state index in [0.29, 0.717) is 5.92 Å². The van der Waals surface area contributed by atoms with Gasteiger partial charge in [-0.1, -0.05) is 50.2 Å². The molecule has 0 unspecified atom stereocenters. The molecule has 1 saturated heterocycles. The van der Waals surface area contributed by atoms with Crippen LogP contribution in [0, 0.1) is 17.2 Å². The van der Waals surface area contributed by atoms with Gasteiger partial charge in [-0.15, -0.1) is 0 Å². The number of nitrogens with one attached hydrogen (secondary N) is 2. The molecule has 0 radical (unpaired) electrons. The molecule has 0 saturated carbocycles. The number of piperazine rings is 1. The Morgan fingerprint density at radius 2 is 1.83 bits per heavy atom. The Balaban J connectivity index is 1.87. The third-order valence-electron chi connectivity index (χ3n) is 5.32. The number of hydrogen-bond acceptors (Lipinski definition) is 4. The van der Waals surface area contributed by atoms with Gasteiger partial charge in [0.25, 0.3) is 0 Å². The number of amides is 1. The number of rotatable bonds is 7. The average Bonchev–Trinajstić information content (AvgIpc) is 2.76. The standard InChI is InChI=1S/C24H30N4O/c1-18(2)15-23(24(29)27-10-9-25)21-7-3-5-19(16-21)20-6-4-8-22(17-20)28-13-11-26-12-14-28/h3-8,16-18,23,26H,10-15H2,1-2H3,(H,27,29)/t23-/m1/s1.